The molecule has 0 spiro atoms. The standard InChI is InChI=1S/C22H19BrN4O4/c1-22(2)21(30)24-15-5-3-4-6-18(15)27(22)19(28)12-31-20(29)17-11-16(25-26-17)13-7-9-14(23)10-8-13/h3-11H,12H2,1-2H3,(H,24,30)(H,25,26). The number of nitrogens with one attached hydrogen (secondary N) is 2. The lowest BCUT2D eigenvalue weighted by atomic mass is 9.96. The first-order valence-electron chi connectivity index (χ1n) is 9.49. The first-order valence-corrected chi connectivity index (χ1v) is 10.3. The SMILES string of the molecule is CC1(C)C(=O)Nc2ccccc2N1C(=O)COC(=O)c1cc(-c2ccc(Br)cc2)n[nH]1. The molecule has 9 heteroatoms. The molecule has 1 aromatic heterocycles. The number of esters is 1. The maximum absolute atomic E-state index is 13.0. The van der Waals surface area contributed by atoms with Crippen molar-refractivity contribution in [1.29, 1.82) is 0 Å². The molecule has 0 atom stereocenters. The molecule has 1 aliphatic rings. The zero-order valence-electron chi connectivity index (χ0n) is 16.8. The summed E-state index contributed by atoms with van der Waals surface area (Å²) in [6.45, 7) is 2.76. The van der Waals surface area contributed by atoms with E-state index in [-0.39, 0.29) is 11.6 Å². The van der Waals surface area contributed by atoms with Crippen LogP contribution in [0.5, 0.6) is 0 Å². The second-order valence-electron chi connectivity index (χ2n) is 7.51. The number of ether oxygens (including phenoxy) is 1. The molecule has 0 saturated heterocycles. The Bertz CT molecular complexity index is 1170. The summed E-state index contributed by atoms with van der Waals surface area (Å²) in [5.41, 5.74) is 1.47. The van der Waals surface area contributed by atoms with Crippen LogP contribution in [0.25, 0.3) is 11.3 Å². The first kappa shape index (κ1) is 20.8. The minimum absolute atomic E-state index is 0.127. The topological polar surface area (TPSA) is 104 Å². The number of benzene rings is 2. The molecule has 2 heterocycles. The molecule has 158 valence electrons. The van der Waals surface area contributed by atoms with Gasteiger partial charge in [0.1, 0.15) is 11.2 Å². The number of hydrogen-bond acceptors (Lipinski definition) is 5. The van der Waals surface area contributed by atoms with Gasteiger partial charge in [-0.3, -0.25) is 19.6 Å². The van der Waals surface area contributed by atoms with Gasteiger partial charge in [-0.25, -0.2) is 4.79 Å². The van der Waals surface area contributed by atoms with Gasteiger partial charge in [-0.2, -0.15) is 5.10 Å². The molecule has 4 rings (SSSR count). The van der Waals surface area contributed by atoms with Crippen molar-refractivity contribution in [2.75, 3.05) is 16.8 Å². The molecule has 3 aromatic rings. The minimum Gasteiger partial charge on any atom is -0.451 e. The van der Waals surface area contributed by atoms with Crippen molar-refractivity contribution >= 4 is 45.1 Å². The van der Waals surface area contributed by atoms with Crippen LogP contribution in [-0.4, -0.2) is 40.1 Å². The van der Waals surface area contributed by atoms with E-state index >= 15 is 0 Å². The van der Waals surface area contributed by atoms with Gasteiger partial charge in [-0.05, 0) is 44.2 Å². The summed E-state index contributed by atoms with van der Waals surface area (Å²) in [6, 6.07) is 16.0. The normalized spacial score (nSPS) is 14.5. The fourth-order valence-electron chi connectivity index (χ4n) is 3.36. The van der Waals surface area contributed by atoms with Crippen molar-refractivity contribution in [2.45, 2.75) is 19.4 Å². The Hall–Kier alpha value is -3.46. The van der Waals surface area contributed by atoms with Crippen LogP contribution in [0.4, 0.5) is 11.4 Å². The average Bonchev–Trinajstić information content (AvgIpc) is 3.23. The van der Waals surface area contributed by atoms with E-state index < -0.39 is 24.0 Å². The molecule has 0 saturated carbocycles. The number of anilines is 2. The third-order valence-corrected chi connectivity index (χ3v) is 5.55. The van der Waals surface area contributed by atoms with Crippen molar-refractivity contribution in [3.05, 3.63) is 64.8 Å². The van der Waals surface area contributed by atoms with Crippen LogP contribution in [0.15, 0.2) is 59.1 Å². The van der Waals surface area contributed by atoms with Gasteiger partial charge >= 0.3 is 5.97 Å². The van der Waals surface area contributed by atoms with Gasteiger partial charge in [-0.1, -0.05) is 40.2 Å². The Labute approximate surface area is 186 Å². The second kappa shape index (κ2) is 7.99. The van der Waals surface area contributed by atoms with E-state index in [1.807, 2.05) is 24.3 Å². The molecule has 8 nitrogen and oxygen atoms in total. The van der Waals surface area contributed by atoms with Crippen molar-refractivity contribution in [2.24, 2.45) is 0 Å². The molecule has 2 amide bonds. The van der Waals surface area contributed by atoms with Crippen LogP contribution in [0.3, 0.4) is 0 Å². The molecule has 1 aliphatic heterocycles. The van der Waals surface area contributed by atoms with Crippen LogP contribution in [-0.2, 0) is 14.3 Å². The van der Waals surface area contributed by atoms with Gasteiger partial charge in [0.25, 0.3) is 5.91 Å². The van der Waals surface area contributed by atoms with Crippen molar-refractivity contribution in [3.8, 4) is 11.3 Å². The van der Waals surface area contributed by atoms with Crippen LogP contribution in [0.2, 0.25) is 0 Å². The third-order valence-electron chi connectivity index (χ3n) is 5.02. The number of rotatable bonds is 4. The Morgan fingerprint density at radius 2 is 1.84 bits per heavy atom. The van der Waals surface area contributed by atoms with Crippen molar-refractivity contribution in [1.82, 2.24) is 10.2 Å². The number of H-pyrrole nitrogens is 1. The highest BCUT2D eigenvalue weighted by atomic mass is 79.9. The van der Waals surface area contributed by atoms with Gasteiger partial charge in [0.2, 0.25) is 5.91 Å². The summed E-state index contributed by atoms with van der Waals surface area (Å²) in [5, 5.41) is 9.55. The fraction of sp³-hybridized carbons (Fsp3) is 0.182. The number of hydrogen-bond donors (Lipinski definition) is 2. The zero-order chi connectivity index (χ0) is 22.2. The molecule has 0 aliphatic carbocycles. The van der Waals surface area contributed by atoms with Gasteiger partial charge in [0.15, 0.2) is 6.61 Å². The number of para-hydroxylation sites is 2. The summed E-state index contributed by atoms with van der Waals surface area (Å²) in [5.74, 6) is -1.54. The van der Waals surface area contributed by atoms with Crippen molar-refractivity contribution < 1.29 is 19.1 Å². The number of halogens is 1. The summed E-state index contributed by atoms with van der Waals surface area (Å²) >= 11 is 3.37. The number of nitrogens with zero attached hydrogens (tertiary/aromatic N) is 2. The first-order chi connectivity index (χ1) is 14.8. The number of aromatic amines is 1. The molecule has 0 bridgehead atoms. The van der Waals surface area contributed by atoms with E-state index in [1.165, 1.54) is 4.90 Å². The Balaban J connectivity index is 1.48. The maximum atomic E-state index is 13.0. The Morgan fingerprint density at radius 3 is 2.58 bits per heavy atom. The summed E-state index contributed by atoms with van der Waals surface area (Å²) in [4.78, 5) is 39.2. The van der Waals surface area contributed by atoms with Crippen molar-refractivity contribution in [3.63, 3.8) is 0 Å². The summed E-state index contributed by atoms with van der Waals surface area (Å²) in [6.07, 6.45) is 0. The smallest absolute Gasteiger partial charge is 0.356 e. The number of amides is 2. The molecule has 0 unspecified atom stereocenters. The van der Waals surface area contributed by atoms with E-state index in [1.54, 1.807) is 44.2 Å². The fourth-order valence-corrected chi connectivity index (χ4v) is 3.63. The highest BCUT2D eigenvalue weighted by Gasteiger charge is 2.43. The van der Waals surface area contributed by atoms with E-state index in [2.05, 4.69) is 31.4 Å². The average molecular weight is 483 g/mol. The minimum atomic E-state index is -1.14. The van der Waals surface area contributed by atoms with E-state index in [9.17, 15) is 14.4 Å². The van der Waals surface area contributed by atoms with E-state index in [0.29, 0.717) is 17.1 Å². The van der Waals surface area contributed by atoms with Crippen LogP contribution >= 0.6 is 15.9 Å². The van der Waals surface area contributed by atoms with Crippen LogP contribution in [0, 0.1) is 0 Å². The molecule has 31 heavy (non-hydrogen) atoms. The summed E-state index contributed by atoms with van der Waals surface area (Å²) in [7, 11) is 0. The monoisotopic (exact) mass is 482 g/mol. The van der Waals surface area contributed by atoms with Gasteiger partial charge in [-0.15, -0.1) is 0 Å². The number of aromatic nitrogens is 2. The van der Waals surface area contributed by atoms with Gasteiger partial charge in [0, 0.05) is 10.0 Å². The van der Waals surface area contributed by atoms with Crippen LogP contribution < -0.4 is 10.2 Å². The lowest BCUT2D eigenvalue weighted by Gasteiger charge is -2.41. The largest absolute Gasteiger partial charge is 0.451 e. The Morgan fingerprint density at radius 1 is 1.13 bits per heavy atom. The summed E-state index contributed by atoms with van der Waals surface area (Å²) < 4.78 is 6.15. The van der Waals surface area contributed by atoms with Crippen LogP contribution in [0.1, 0.15) is 24.3 Å². The molecule has 2 aromatic carbocycles. The molecular formula is C22H19BrN4O4. The molecule has 2 N–H and O–H groups in total. The number of carbonyl (C=O) groups is 3. The van der Waals surface area contributed by atoms with Gasteiger partial charge < -0.3 is 10.1 Å². The predicted molar refractivity (Wildman–Crippen MR) is 119 cm³/mol. The molecule has 0 fully saturated rings. The third kappa shape index (κ3) is 3.96. The number of fused-ring (bicyclic) bond motifs is 1. The lowest BCUT2D eigenvalue weighted by Crippen LogP contribution is -2.59. The van der Waals surface area contributed by atoms with E-state index in [0.717, 1.165) is 10.0 Å². The predicted octanol–water partition coefficient (Wildman–Crippen LogP) is 3.76. The highest BCUT2D eigenvalue weighted by molar-refractivity contribution is 9.10. The second-order valence-corrected chi connectivity index (χ2v) is 8.43. The van der Waals surface area contributed by atoms with E-state index in [4.69, 9.17) is 4.74 Å². The quantitative estimate of drug-likeness (QED) is 0.550. The molecule has 0 radical (unpaired) electrons. The van der Waals surface area contributed by atoms with Gasteiger partial charge in [0.05, 0.1) is 17.1 Å². The lowest BCUT2D eigenvalue weighted by molar-refractivity contribution is -0.128. The maximum Gasteiger partial charge on any atom is 0.356 e. The zero-order valence-corrected chi connectivity index (χ0v) is 18.4. The Kier molecular flexibility index (Phi) is 5.36. The highest BCUT2D eigenvalue weighted by Crippen LogP contribution is 2.36. The number of carbonyl (C=O) groups excluding carboxylic acids is 3. The molecular weight excluding hydrogens is 464 g/mol.